The van der Waals surface area contributed by atoms with Crippen LogP contribution in [0.4, 0.5) is 5.69 Å². The molecule has 2 aromatic rings. The third-order valence-electron chi connectivity index (χ3n) is 3.58. The fourth-order valence-corrected chi connectivity index (χ4v) is 2.61. The van der Waals surface area contributed by atoms with E-state index in [2.05, 4.69) is 12.1 Å². The molecule has 0 aromatic heterocycles. The van der Waals surface area contributed by atoms with E-state index in [0.29, 0.717) is 18.8 Å². The Labute approximate surface area is 110 Å². The molecule has 2 aromatic carbocycles. The highest BCUT2D eigenvalue weighted by Gasteiger charge is 2.29. The maximum absolute atomic E-state index is 11.7. The average molecular weight is 257 g/mol. The van der Waals surface area contributed by atoms with Crippen molar-refractivity contribution in [2.24, 2.45) is 0 Å². The molecule has 4 nitrogen and oxygen atoms in total. The van der Waals surface area contributed by atoms with Gasteiger partial charge in [-0.25, -0.2) is 0 Å². The number of ether oxygens (including phenoxy) is 1. The summed E-state index contributed by atoms with van der Waals surface area (Å²) in [4.78, 5) is 25.2. The molecule has 3 rings (SSSR count). The zero-order chi connectivity index (χ0) is 13.4. The second kappa shape index (κ2) is 4.53. The Morgan fingerprint density at radius 2 is 1.89 bits per heavy atom. The summed E-state index contributed by atoms with van der Waals surface area (Å²) in [6, 6.07) is 8.19. The van der Waals surface area contributed by atoms with Crippen molar-refractivity contribution in [3.63, 3.8) is 0 Å². The molecule has 1 heterocycles. The summed E-state index contributed by atoms with van der Waals surface area (Å²) in [7, 11) is 0. The third kappa shape index (κ3) is 1.84. The predicted octanol–water partition coefficient (Wildman–Crippen LogP) is 1.24. The zero-order valence-electron chi connectivity index (χ0n) is 10.8. The third-order valence-corrected chi connectivity index (χ3v) is 3.58. The molecule has 98 valence electrons. The molecule has 0 atom stereocenters. The van der Waals surface area contributed by atoms with Crippen LogP contribution < -0.4 is 20.5 Å². The molecule has 0 unspecified atom stereocenters. The molecule has 1 aliphatic rings. The largest absolute Gasteiger partial charge is 0.488 e. The van der Waals surface area contributed by atoms with Crippen molar-refractivity contribution in [1.82, 2.24) is 0 Å². The van der Waals surface area contributed by atoms with Crippen molar-refractivity contribution in [2.45, 2.75) is 19.9 Å². The smallest absolute Gasteiger partial charge is 0.272 e. The number of nitrogens with zero attached hydrogens (tertiary/aromatic N) is 1. The number of anilines is 1. The first kappa shape index (κ1) is 12.0. The van der Waals surface area contributed by atoms with Gasteiger partial charge >= 0.3 is 0 Å². The minimum Gasteiger partial charge on any atom is -0.488 e. The van der Waals surface area contributed by atoms with Crippen LogP contribution in [0, 0.1) is 0 Å². The van der Waals surface area contributed by atoms with Gasteiger partial charge in [0.05, 0.1) is 6.61 Å². The molecule has 19 heavy (non-hydrogen) atoms. The normalized spacial score (nSPS) is 14.5. The molecule has 0 N–H and O–H groups in total. The molecular formula is C15H15NO3. The minimum atomic E-state index is -0.490. The molecule has 0 spiro atoms. The average Bonchev–Trinajstić information content (AvgIpc) is 2.46. The van der Waals surface area contributed by atoms with Gasteiger partial charge in [0.25, 0.3) is 10.9 Å². The zero-order valence-corrected chi connectivity index (χ0v) is 10.8. The summed E-state index contributed by atoms with van der Waals surface area (Å²) in [5, 5.41) is 0. The van der Waals surface area contributed by atoms with Gasteiger partial charge in [-0.1, -0.05) is 24.3 Å². The van der Waals surface area contributed by atoms with E-state index in [1.54, 1.807) is 0 Å². The van der Waals surface area contributed by atoms with Crippen molar-refractivity contribution in [3.05, 3.63) is 55.8 Å². The lowest BCUT2D eigenvalue weighted by molar-refractivity contribution is 0.332. The van der Waals surface area contributed by atoms with Gasteiger partial charge in [-0.3, -0.25) is 9.59 Å². The highest BCUT2D eigenvalue weighted by molar-refractivity contribution is 5.64. The standard InChI is InChI=1S/C15H15NO3/c1-2-19-15-12(13(17)14(15)18)16-8-7-10-5-3-4-6-11(10)9-16/h3-6H,2,7-9H2,1H3. The van der Waals surface area contributed by atoms with Crippen LogP contribution in [-0.4, -0.2) is 13.2 Å². The van der Waals surface area contributed by atoms with Crippen molar-refractivity contribution in [2.75, 3.05) is 18.1 Å². The van der Waals surface area contributed by atoms with E-state index < -0.39 is 10.9 Å². The van der Waals surface area contributed by atoms with Crippen molar-refractivity contribution in [3.8, 4) is 5.75 Å². The fourth-order valence-electron chi connectivity index (χ4n) is 2.61. The maximum Gasteiger partial charge on any atom is 0.272 e. The Morgan fingerprint density at radius 1 is 1.16 bits per heavy atom. The lowest BCUT2D eigenvalue weighted by Gasteiger charge is -2.31. The molecule has 0 aliphatic carbocycles. The highest BCUT2D eigenvalue weighted by Crippen LogP contribution is 2.28. The number of rotatable bonds is 3. The Balaban J connectivity index is 1.92. The van der Waals surface area contributed by atoms with Crippen LogP contribution in [0.15, 0.2) is 33.9 Å². The number of benzene rings is 1. The number of fused-ring (bicyclic) bond motifs is 1. The number of hydrogen-bond acceptors (Lipinski definition) is 4. The molecule has 0 saturated heterocycles. The van der Waals surface area contributed by atoms with Gasteiger partial charge < -0.3 is 9.64 Å². The van der Waals surface area contributed by atoms with E-state index in [0.717, 1.165) is 13.0 Å². The Kier molecular flexibility index (Phi) is 2.85. The van der Waals surface area contributed by atoms with Crippen molar-refractivity contribution >= 4 is 5.69 Å². The summed E-state index contributed by atoms with van der Waals surface area (Å²) in [5.74, 6) is 0.242. The van der Waals surface area contributed by atoms with E-state index in [1.165, 1.54) is 11.1 Å². The molecule has 0 amide bonds. The molecule has 0 saturated carbocycles. The van der Waals surface area contributed by atoms with Crippen LogP contribution in [0.25, 0.3) is 0 Å². The van der Waals surface area contributed by atoms with Crippen LogP contribution in [-0.2, 0) is 13.0 Å². The van der Waals surface area contributed by atoms with Gasteiger partial charge in [-0.15, -0.1) is 0 Å². The Bertz CT molecular complexity index is 683. The van der Waals surface area contributed by atoms with Crippen LogP contribution in [0.1, 0.15) is 18.1 Å². The summed E-state index contributed by atoms with van der Waals surface area (Å²) < 4.78 is 5.28. The summed E-state index contributed by atoms with van der Waals surface area (Å²) in [6.07, 6.45) is 0.889. The SMILES string of the molecule is CCOc1c(N2CCc3ccccc3C2)c(=O)c1=O. The Morgan fingerprint density at radius 3 is 2.63 bits per heavy atom. The maximum atomic E-state index is 11.7. The van der Waals surface area contributed by atoms with Gasteiger partial charge in [0.2, 0.25) is 0 Å². The van der Waals surface area contributed by atoms with Gasteiger partial charge in [0, 0.05) is 13.1 Å². The van der Waals surface area contributed by atoms with E-state index in [1.807, 2.05) is 24.0 Å². The summed E-state index contributed by atoms with van der Waals surface area (Å²) in [5.41, 5.74) is 2.08. The predicted molar refractivity (Wildman–Crippen MR) is 73.7 cm³/mol. The summed E-state index contributed by atoms with van der Waals surface area (Å²) >= 11 is 0. The van der Waals surface area contributed by atoms with Crippen LogP contribution in [0.3, 0.4) is 0 Å². The van der Waals surface area contributed by atoms with E-state index >= 15 is 0 Å². The molecule has 0 fully saturated rings. The molecule has 4 heteroatoms. The molecule has 0 bridgehead atoms. The van der Waals surface area contributed by atoms with Gasteiger partial charge in [-0.05, 0) is 24.5 Å². The Hall–Kier alpha value is -2.10. The van der Waals surface area contributed by atoms with Crippen molar-refractivity contribution < 1.29 is 4.74 Å². The first-order chi connectivity index (χ1) is 9.22. The van der Waals surface area contributed by atoms with Gasteiger partial charge in [0.1, 0.15) is 5.69 Å². The van der Waals surface area contributed by atoms with Crippen LogP contribution >= 0.6 is 0 Å². The van der Waals surface area contributed by atoms with Crippen LogP contribution in [0.5, 0.6) is 5.75 Å². The van der Waals surface area contributed by atoms with E-state index in [-0.39, 0.29) is 5.75 Å². The quantitative estimate of drug-likeness (QED) is 0.776. The highest BCUT2D eigenvalue weighted by atomic mass is 16.5. The lowest BCUT2D eigenvalue weighted by Crippen LogP contribution is -2.43. The number of hydrogen-bond donors (Lipinski definition) is 0. The molecular weight excluding hydrogens is 242 g/mol. The second-order valence-corrected chi connectivity index (χ2v) is 4.71. The lowest BCUT2D eigenvalue weighted by atomic mass is 9.99. The van der Waals surface area contributed by atoms with Crippen LogP contribution in [0.2, 0.25) is 0 Å². The van der Waals surface area contributed by atoms with Gasteiger partial charge in [-0.2, -0.15) is 0 Å². The first-order valence-electron chi connectivity index (χ1n) is 6.50. The minimum absolute atomic E-state index is 0.242. The topological polar surface area (TPSA) is 46.6 Å². The monoisotopic (exact) mass is 257 g/mol. The second-order valence-electron chi connectivity index (χ2n) is 4.71. The van der Waals surface area contributed by atoms with E-state index in [4.69, 9.17) is 4.74 Å². The first-order valence-corrected chi connectivity index (χ1v) is 6.50. The molecule has 0 radical (unpaired) electrons. The van der Waals surface area contributed by atoms with Gasteiger partial charge in [0.15, 0.2) is 5.75 Å². The van der Waals surface area contributed by atoms with E-state index in [9.17, 15) is 9.59 Å². The van der Waals surface area contributed by atoms with Crippen molar-refractivity contribution in [1.29, 1.82) is 0 Å². The molecule has 1 aliphatic heterocycles. The fraction of sp³-hybridized carbons (Fsp3) is 0.333. The summed E-state index contributed by atoms with van der Waals surface area (Å²) in [6.45, 7) is 3.64.